The fraction of sp³-hybridized carbons (Fsp3) is 0.529. The minimum atomic E-state index is -1.36. The van der Waals surface area contributed by atoms with Crippen molar-refractivity contribution in [3.8, 4) is 0 Å². The van der Waals surface area contributed by atoms with Gasteiger partial charge < -0.3 is 19.1 Å². The van der Waals surface area contributed by atoms with Crippen molar-refractivity contribution in [2.45, 2.75) is 32.1 Å². The highest BCUT2D eigenvalue weighted by Gasteiger charge is 2.64. The van der Waals surface area contributed by atoms with Crippen LogP contribution < -0.4 is 4.90 Å². The van der Waals surface area contributed by atoms with Crippen LogP contribution in [0.15, 0.2) is 24.3 Å². The maximum Gasteiger partial charge on any atom is 0.329 e. The zero-order chi connectivity index (χ0) is 16.2. The Morgan fingerprint density at radius 1 is 1.13 bits per heavy atom. The lowest BCUT2D eigenvalue weighted by Gasteiger charge is -2.52. The van der Waals surface area contributed by atoms with Gasteiger partial charge in [-0.05, 0) is 11.6 Å². The van der Waals surface area contributed by atoms with Gasteiger partial charge in [0.2, 0.25) is 0 Å². The summed E-state index contributed by atoms with van der Waals surface area (Å²) in [5.74, 6) is -2.26. The second-order valence-corrected chi connectivity index (χ2v) is 6.74. The van der Waals surface area contributed by atoms with Crippen molar-refractivity contribution < 1.29 is 23.8 Å². The number of hydrogen-bond acceptors (Lipinski definition) is 6. The SMILES string of the molecule is CC1(C)OC(=O)C2(Cc3ccccc3N3CCOCC32)C(=O)O1. The van der Waals surface area contributed by atoms with E-state index >= 15 is 0 Å². The topological polar surface area (TPSA) is 65.1 Å². The van der Waals surface area contributed by atoms with E-state index in [2.05, 4.69) is 4.90 Å². The van der Waals surface area contributed by atoms with Crippen LogP contribution in [0.2, 0.25) is 0 Å². The summed E-state index contributed by atoms with van der Waals surface area (Å²) in [4.78, 5) is 27.8. The molecule has 0 amide bonds. The molecule has 0 radical (unpaired) electrons. The molecule has 6 heteroatoms. The second kappa shape index (κ2) is 4.71. The molecule has 0 saturated carbocycles. The number of hydrogen-bond donors (Lipinski definition) is 0. The Balaban J connectivity index is 1.85. The standard InChI is InChI=1S/C17H19NO5/c1-16(2)22-14(19)17(15(20)23-16)9-11-5-3-4-6-12(11)18-7-8-21-10-13(17)18/h3-6,13H,7-10H2,1-2H3. The zero-order valence-electron chi connectivity index (χ0n) is 13.2. The third-order valence-corrected chi connectivity index (χ3v) is 4.87. The third-order valence-electron chi connectivity index (χ3n) is 4.87. The van der Waals surface area contributed by atoms with Crippen molar-refractivity contribution in [3.63, 3.8) is 0 Å². The van der Waals surface area contributed by atoms with Crippen molar-refractivity contribution in [1.29, 1.82) is 0 Å². The highest BCUT2D eigenvalue weighted by Crippen LogP contribution is 2.47. The van der Waals surface area contributed by atoms with E-state index in [1.54, 1.807) is 13.8 Å². The van der Waals surface area contributed by atoms with Gasteiger partial charge in [-0.25, -0.2) is 0 Å². The summed E-state index contributed by atoms with van der Waals surface area (Å²) in [5.41, 5.74) is 0.653. The number of ether oxygens (including phenoxy) is 3. The molecule has 3 aliphatic rings. The predicted molar refractivity (Wildman–Crippen MR) is 80.8 cm³/mol. The minimum absolute atomic E-state index is 0.279. The monoisotopic (exact) mass is 317 g/mol. The molecule has 3 aliphatic heterocycles. The number of carbonyl (C=O) groups is 2. The van der Waals surface area contributed by atoms with Crippen LogP contribution >= 0.6 is 0 Å². The van der Waals surface area contributed by atoms with Crippen molar-refractivity contribution in [3.05, 3.63) is 29.8 Å². The highest BCUT2D eigenvalue weighted by molar-refractivity contribution is 6.04. The number of rotatable bonds is 0. The number of anilines is 1. The van der Waals surface area contributed by atoms with Crippen LogP contribution in [0.3, 0.4) is 0 Å². The van der Waals surface area contributed by atoms with Crippen molar-refractivity contribution in [1.82, 2.24) is 0 Å². The molecule has 0 aliphatic carbocycles. The van der Waals surface area contributed by atoms with Crippen LogP contribution in [0.25, 0.3) is 0 Å². The van der Waals surface area contributed by atoms with Gasteiger partial charge in [-0.15, -0.1) is 0 Å². The summed E-state index contributed by atoms with van der Waals surface area (Å²) >= 11 is 0. The van der Waals surface area contributed by atoms with Crippen molar-refractivity contribution in [2.75, 3.05) is 24.7 Å². The molecular formula is C17H19NO5. The Morgan fingerprint density at radius 2 is 1.83 bits per heavy atom. The Bertz CT molecular complexity index is 663. The molecule has 1 aromatic rings. The molecule has 4 rings (SSSR count). The molecule has 0 bridgehead atoms. The minimum Gasteiger partial charge on any atom is -0.422 e. The molecular weight excluding hydrogens is 298 g/mol. The Labute approximate surface area is 134 Å². The van der Waals surface area contributed by atoms with E-state index in [9.17, 15) is 9.59 Å². The van der Waals surface area contributed by atoms with Gasteiger partial charge in [0.05, 0.1) is 19.3 Å². The van der Waals surface area contributed by atoms with Crippen molar-refractivity contribution in [2.24, 2.45) is 5.41 Å². The molecule has 6 nitrogen and oxygen atoms in total. The first kappa shape index (κ1) is 14.5. The first-order chi connectivity index (χ1) is 10.9. The molecule has 122 valence electrons. The fourth-order valence-electron chi connectivity index (χ4n) is 3.81. The number of nitrogens with zero attached hydrogens (tertiary/aromatic N) is 1. The molecule has 2 saturated heterocycles. The molecule has 2 fully saturated rings. The predicted octanol–water partition coefficient (Wildman–Crippen LogP) is 1.27. The number of morpholine rings is 1. The number of esters is 2. The first-order valence-corrected chi connectivity index (χ1v) is 7.83. The average molecular weight is 317 g/mol. The highest BCUT2D eigenvalue weighted by atomic mass is 16.7. The second-order valence-electron chi connectivity index (χ2n) is 6.74. The van der Waals surface area contributed by atoms with Gasteiger partial charge in [0, 0.05) is 32.5 Å². The normalized spacial score (nSPS) is 27.7. The maximum absolute atomic E-state index is 12.9. The molecule has 0 N–H and O–H groups in total. The first-order valence-electron chi connectivity index (χ1n) is 7.83. The van der Waals surface area contributed by atoms with Crippen LogP contribution in [-0.4, -0.2) is 43.5 Å². The smallest absolute Gasteiger partial charge is 0.329 e. The zero-order valence-corrected chi connectivity index (χ0v) is 13.2. The largest absolute Gasteiger partial charge is 0.422 e. The van der Waals surface area contributed by atoms with E-state index in [0.29, 0.717) is 19.8 Å². The van der Waals surface area contributed by atoms with Gasteiger partial charge >= 0.3 is 11.9 Å². The van der Waals surface area contributed by atoms with Gasteiger partial charge in [-0.3, -0.25) is 9.59 Å². The lowest BCUT2D eigenvalue weighted by molar-refractivity contribution is -0.254. The van der Waals surface area contributed by atoms with Crippen LogP contribution in [0.4, 0.5) is 5.69 Å². The van der Waals surface area contributed by atoms with Crippen LogP contribution in [0, 0.1) is 5.41 Å². The van der Waals surface area contributed by atoms with E-state index in [1.165, 1.54) is 0 Å². The summed E-state index contributed by atoms with van der Waals surface area (Å²) in [6, 6.07) is 7.44. The quantitative estimate of drug-likeness (QED) is 0.530. The Morgan fingerprint density at radius 3 is 2.57 bits per heavy atom. The van der Waals surface area contributed by atoms with Gasteiger partial charge in [0.15, 0.2) is 5.41 Å². The molecule has 1 atom stereocenters. The Hall–Kier alpha value is -2.08. The maximum atomic E-state index is 12.9. The summed E-state index contributed by atoms with van der Waals surface area (Å²) in [6.07, 6.45) is 0.279. The van der Waals surface area contributed by atoms with Gasteiger partial charge in [-0.1, -0.05) is 18.2 Å². The molecule has 1 unspecified atom stereocenters. The van der Waals surface area contributed by atoms with Crippen LogP contribution in [0.1, 0.15) is 19.4 Å². The average Bonchev–Trinajstić information content (AvgIpc) is 2.51. The Kier molecular flexibility index (Phi) is 2.97. The number of fused-ring (bicyclic) bond motifs is 4. The molecule has 1 spiro atoms. The summed E-state index contributed by atoms with van der Waals surface area (Å²) in [5, 5.41) is 0. The number of cyclic esters (lactones) is 2. The third kappa shape index (κ3) is 1.97. The van der Waals surface area contributed by atoms with E-state index in [4.69, 9.17) is 14.2 Å². The van der Waals surface area contributed by atoms with Gasteiger partial charge in [0.25, 0.3) is 5.79 Å². The van der Waals surface area contributed by atoms with Crippen molar-refractivity contribution >= 4 is 17.6 Å². The molecule has 23 heavy (non-hydrogen) atoms. The number of carbonyl (C=O) groups excluding carboxylic acids is 2. The summed E-state index contributed by atoms with van der Waals surface area (Å²) in [6.45, 7) is 4.64. The fourth-order valence-corrected chi connectivity index (χ4v) is 3.81. The van der Waals surface area contributed by atoms with E-state index < -0.39 is 29.2 Å². The summed E-state index contributed by atoms with van der Waals surface area (Å²) < 4.78 is 16.4. The molecule has 3 heterocycles. The molecule has 1 aromatic carbocycles. The van der Waals surface area contributed by atoms with E-state index in [0.717, 1.165) is 11.3 Å². The van der Waals surface area contributed by atoms with Crippen LogP contribution in [0.5, 0.6) is 0 Å². The van der Waals surface area contributed by atoms with E-state index in [-0.39, 0.29) is 6.42 Å². The number of para-hydroxylation sites is 1. The number of benzene rings is 1. The van der Waals surface area contributed by atoms with Gasteiger partial charge in [-0.2, -0.15) is 0 Å². The summed E-state index contributed by atoms with van der Waals surface area (Å²) in [7, 11) is 0. The van der Waals surface area contributed by atoms with Crippen LogP contribution in [-0.2, 0) is 30.2 Å². The lowest BCUT2D eigenvalue weighted by atomic mass is 9.70. The lowest BCUT2D eigenvalue weighted by Crippen LogP contribution is -2.68. The van der Waals surface area contributed by atoms with Gasteiger partial charge in [0.1, 0.15) is 0 Å². The van der Waals surface area contributed by atoms with E-state index in [1.807, 2.05) is 24.3 Å². The molecule has 0 aromatic heterocycles.